The van der Waals surface area contributed by atoms with Crippen LogP contribution in [-0.4, -0.2) is 15.0 Å². The van der Waals surface area contributed by atoms with E-state index < -0.39 is 0 Å². The van der Waals surface area contributed by atoms with E-state index in [2.05, 4.69) is 133 Å². The molecule has 3 aromatic heterocycles. The number of hydrogen-bond acceptors (Lipinski definition) is 5. The highest BCUT2D eigenvalue weighted by Gasteiger charge is 2.23. The number of thiophene rings is 1. The Morgan fingerprint density at radius 3 is 1.94 bits per heavy atom. The minimum atomic E-state index is 0.600. The van der Waals surface area contributed by atoms with Gasteiger partial charge < -0.3 is 4.42 Å². The number of aromatic nitrogens is 3. The average molecular weight is 682 g/mol. The van der Waals surface area contributed by atoms with Crippen LogP contribution in [0.1, 0.15) is 0 Å². The third-order valence-corrected chi connectivity index (χ3v) is 11.3. The summed E-state index contributed by atoms with van der Waals surface area (Å²) in [6.45, 7) is 0. The third-order valence-electron chi connectivity index (χ3n) is 10.1. The van der Waals surface area contributed by atoms with Crippen LogP contribution in [0.3, 0.4) is 0 Å². The van der Waals surface area contributed by atoms with Crippen molar-refractivity contribution >= 4 is 75.0 Å². The van der Waals surface area contributed by atoms with Crippen LogP contribution in [-0.2, 0) is 0 Å². The van der Waals surface area contributed by atoms with Gasteiger partial charge in [0.25, 0.3) is 0 Å². The largest absolute Gasteiger partial charge is 0.456 e. The van der Waals surface area contributed by atoms with Gasteiger partial charge in [-0.05, 0) is 75.1 Å². The highest BCUT2D eigenvalue weighted by atomic mass is 32.1. The molecule has 242 valence electrons. The molecule has 0 radical (unpaired) electrons. The number of benzene rings is 8. The molecule has 0 aliphatic rings. The molecule has 11 rings (SSSR count). The molecule has 0 N–H and O–H groups in total. The van der Waals surface area contributed by atoms with Crippen LogP contribution in [0.4, 0.5) is 0 Å². The van der Waals surface area contributed by atoms with Gasteiger partial charge in [-0.2, -0.15) is 0 Å². The molecular formula is C47H27N3OS. The van der Waals surface area contributed by atoms with E-state index >= 15 is 0 Å². The third kappa shape index (κ3) is 4.50. The number of rotatable bonds is 4. The van der Waals surface area contributed by atoms with Gasteiger partial charge in [0.2, 0.25) is 0 Å². The van der Waals surface area contributed by atoms with Crippen molar-refractivity contribution in [2.24, 2.45) is 0 Å². The molecule has 0 bridgehead atoms. The molecule has 0 aliphatic heterocycles. The Hall–Kier alpha value is -6.69. The van der Waals surface area contributed by atoms with E-state index in [1.165, 1.54) is 30.9 Å². The summed E-state index contributed by atoms with van der Waals surface area (Å²) in [6.07, 6.45) is 0. The molecule has 0 amide bonds. The lowest BCUT2D eigenvalue weighted by Crippen LogP contribution is -2.02. The quantitative estimate of drug-likeness (QED) is 0.174. The van der Waals surface area contributed by atoms with Crippen LogP contribution in [0.5, 0.6) is 0 Å². The van der Waals surface area contributed by atoms with Crippen molar-refractivity contribution in [2.45, 2.75) is 0 Å². The summed E-state index contributed by atoms with van der Waals surface area (Å²) in [7, 11) is 0. The maximum atomic E-state index is 6.49. The van der Waals surface area contributed by atoms with Crippen molar-refractivity contribution in [2.75, 3.05) is 0 Å². The van der Waals surface area contributed by atoms with Crippen molar-refractivity contribution in [3.63, 3.8) is 0 Å². The number of nitrogens with zero attached hydrogens (tertiary/aromatic N) is 3. The number of fused-ring (bicyclic) bond motifs is 9. The Bertz CT molecular complexity index is 3200. The zero-order chi connectivity index (χ0) is 34.2. The van der Waals surface area contributed by atoms with Gasteiger partial charge in [0.05, 0.1) is 0 Å². The first-order valence-corrected chi connectivity index (χ1v) is 18.2. The van der Waals surface area contributed by atoms with E-state index in [1.54, 1.807) is 0 Å². The first-order chi connectivity index (χ1) is 25.8. The predicted molar refractivity (Wildman–Crippen MR) is 217 cm³/mol. The van der Waals surface area contributed by atoms with Crippen molar-refractivity contribution in [1.82, 2.24) is 15.0 Å². The summed E-state index contributed by atoms with van der Waals surface area (Å²) in [4.78, 5) is 15.9. The van der Waals surface area contributed by atoms with Crippen LogP contribution in [0.15, 0.2) is 168 Å². The molecule has 4 nitrogen and oxygen atoms in total. The Kier molecular flexibility index (Phi) is 6.39. The Morgan fingerprint density at radius 2 is 1.06 bits per heavy atom. The number of hydrogen-bond donors (Lipinski definition) is 0. The zero-order valence-corrected chi connectivity index (χ0v) is 28.6. The minimum absolute atomic E-state index is 0.600. The van der Waals surface area contributed by atoms with Crippen LogP contribution < -0.4 is 0 Å². The molecule has 0 saturated carbocycles. The summed E-state index contributed by atoms with van der Waals surface area (Å²) in [5.41, 5.74) is 6.57. The van der Waals surface area contributed by atoms with E-state index in [0.29, 0.717) is 17.5 Å². The molecular weight excluding hydrogens is 655 g/mol. The fraction of sp³-hybridized carbons (Fsp3) is 0. The van der Waals surface area contributed by atoms with E-state index in [9.17, 15) is 0 Å². The second-order valence-corrected chi connectivity index (χ2v) is 14.2. The van der Waals surface area contributed by atoms with Crippen molar-refractivity contribution in [3.8, 4) is 45.3 Å². The SMILES string of the molecule is c1ccc(-c2nc(-c3cc4ccccc4c4ccccc34)nc(-c3c(-c4ccc5sc6ccccc6c5c4)ccc4oc5ccccc5c34)n2)cc1. The molecule has 3 heterocycles. The summed E-state index contributed by atoms with van der Waals surface area (Å²) in [5.74, 6) is 1.84. The van der Waals surface area contributed by atoms with Crippen molar-refractivity contribution < 1.29 is 4.42 Å². The molecule has 52 heavy (non-hydrogen) atoms. The van der Waals surface area contributed by atoms with Gasteiger partial charge in [0.15, 0.2) is 17.5 Å². The average Bonchev–Trinajstić information content (AvgIpc) is 3.78. The second-order valence-electron chi connectivity index (χ2n) is 13.1. The van der Waals surface area contributed by atoms with Gasteiger partial charge in [-0.3, -0.25) is 0 Å². The smallest absolute Gasteiger partial charge is 0.165 e. The lowest BCUT2D eigenvalue weighted by Gasteiger charge is -2.15. The zero-order valence-electron chi connectivity index (χ0n) is 27.7. The van der Waals surface area contributed by atoms with Gasteiger partial charge in [-0.1, -0.05) is 121 Å². The van der Waals surface area contributed by atoms with Crippen LogP contribution in [0, 0.1) is 0 Å². The lowest BCUT2D eigenvalue weighted by molar-refractivity contribution is 0.669. The van der Waals surface area contributed by atoms with E-state index in [4.69, 9.17) is 19.4 Å². The van der Waals surface area contributed by atoms with Gasteiger partial charge >= 0.3 is 0 Å². The number of para-hydroxylation sites is 1. The van der Waals surface area contributed by atoms with Crippen molar-refractivity contribution in [1.29, 1.82) is 0 Å². The summed E-state index contributed by atoms with van der Waals surface area (Å²) in [6, 6.07) is 57.3. The fourth-order valence-corrected chi connectivity index (χ4v) is 8.83. The molecule has 0 unspecified atom stereocenters. The first kappa shape index (κ1) is 29.1. The summed E-state index contributed by atoms with van der Waals surface area (Å²) in [5, 5.41) is 9.12. The Balaban J connectivity index is 1.26. The van der Waals surface area contributed by atoms with E-state index in [1.807, 2.05) is 41.7 Å². The maximum absolute atomic E-state index is 6.49. The molecule has 8 aromatic carbocycles. The monoisotopic (exact) mass is 681 g/mol. The molecule has 0 atom stereocenters. The van der Waals surface area contributed by atoms with E-state index in [0.717, 1.165) is 60.5 Å². The number of furan rings is 1. The highest BCUT2D eigenvalue weighted by molar-refractivity contribution is 7.25. The normalized spacial score (nSPS) is 11.8. The Morgan fingerprint density at radius 1 is 0.385 bits per heavy atom. The maximum Gasteiger partial charge on any atom is 0.165 e. The molecule has 0 spiro atoms. The van der Waals surface area contributed by atoms with Crippen LogP contribution in [0.2, 0.25) is 0 Å². The van der Waals surface area contributed by atoms with Crippen molar-refractivity contribution in [3.05, 3.63) is 164 Å². The van der Waals surface area contributed by atoms with E-state index in [-0.39, 0.29) is 0 Å². The summed E-state index contributed by atoms with van der Waals surface area (Å²) < 4.78 is 9.03. The topological polar surface area (TPSA) is 51.8 Å². The highest BCUT2D eigenvalue weighted by Crippen LogP contribution is 2.45. The molecule has 0 saturated heterocycles. The van der Waals surface area contributed by atoms with Crippen LogP contribution >= 0.6 is 11.3 Å². The van der Waals surface area contributed by atoms with Gasteiger partial charge in [0, 0.05) is 47.6 Å². The molecule has 11 aromatic rings. The second kappa shape index (κ2) is 11.4. The Labute approximate surface area is 302 Å². The fourth-order valence-electron chi connectivity index (χ4n) is 7.75. The minimum Gasteiger partial charge on any atom is -0.456 e. The molecule has 5 heteroatoms. The summed E-state index contributed by atoms with van der Waals surface area (Å²) >= 11 is 1.82. The van der Waals surface area contributed by atoms with Gasteiger partial charge in [-0.15, -0.1) is 11.3 Å². The molecule has 0 aliphatic carbocycles. The van der Waals surface area contributed by atoms with Crippen LogP contribution in [0.25, 0.3) is 109 Å². The molecule has 0 fully saturated rings. The predicted octanol–water partition coefficient (Wildman–Crippen LogP) is 13.1. The van der Waals surface area contributed by atoms with Gasteiger partial charge in [-0.25, -0.2) is 15.0 Å². The standard InChI is InChI=1S/C47H27N3OS/c1-2-12-28(13-3-1)45-48-46(38-27-29-14-4-5-15-31(29)33-16-6-7-17-34(33)38)50-47(49-45)44-32(23-24-40-43(44)36-19-8-10-20-39(36)51-40)30-22-25-42-37(26-30)35-18-9-11-21-41(35)52-42/h1-27H. The first-order valence-electron chi connectivity index (χ1n) is 17.4. The van der Waals surface area contributed by atoms with Gasteiger partial charge in [0.1, 0.15) is 11.2 Å². The lowest BCUT2D eigenvalue weighted by atomic mass is 9.93.